The van der Waals surface area contributed by atoms with E-state index in [9.17, 15) is 0 Å². The van der Waals surface area contributed by atoms with Crippen molar-refractivity contribution in [3.05, 3.63) is 12.3 Å². The van der Waals surface area contributed by atoms with Crippen LogP contribution in [-0.4, -0.2) is 24.1 Å². The summed E-state index contributed by atoms with van der Waals surface area (Å²) in [4.78, 5) is 0. The van der Waals surface area contributed by atoms with Crippen molar-refractivity contribution in [2.45, 2.75) is 12.5 Å². The summed E-state index contributed by atoms with van der Waals surface area (Å²) in [6, 6.07) is 0.986. The van der Waals surface area contributed by atoms with Crippen LogP contribution in [0.25, 0.3) is 0 Å². The van der Waals surface area contributed by atoms with E-state index in [0.29, 0.717) is 0 Å². The van der Waals surface area contributed by atoms with Gasteiger partial charge in [0.1, 0.15) is 12.6 Å². The number of quaternary nitrogens is 1. The number of fused-ring (bicyclic) bond motifs is 1. The van der Waals surface area contributed by atoms with E-state index in [0.717, 1.165) is 6.04 Å². The lowest BCUT2D eigenvalue weighted by Crippen LogP contribution is -2.09. The minimum absolute atomic E-state index is 0.986. The van der Waals surface area contributed by atoms with E-state index in [-0.39, 0.29) is 0 Å². The van der Waals surface area contributed by atoms with E-state index in [1.165, 1.54) is 17.4 Å². The van der Waals surface area contributed by atoms with Gasteiger partial charge in [0.15, 0.2) is 0 Å². The Balaban J connectivity index is 2.32. The van der Waals surface area contributed by atoms with Gasteiger partial charge < -0.3 is 0 Å². The van der Waals surface area contributed by atoms with E-state index < -0.39 is 0 Å². The first kappa shape index (κ1) is 3.67. The zero-order valence-electron chi connectivity index (χ0n) is 4.59. The maximum Gasteiger partial charge on any atom is 0.147 e. The van der Waals surface area contributed by atoms with Crippen molar-refractivity contribution >= 4 is 0 Å². The van der Waals surface area contributed by atoms with Crippen molar-refractivity contribution in [2.75, 3.05) is 13.6 Å². The van der Waals surface area contributed by atoms with Gasteiger partial charge in [0, 0.05) is 6.42 Å². The topological polar surface area (TPSA) is 0 Å². The minimum Gasteiger partial charge on any atom is -0.288 e. The summed E-state index contributed by atoms with van der Waals surface area (Å²) in [5, 5.41) is 0. The van der Waals surface area contributed by atoms with Crippen molar-refractivity contribution in [1.82, 2.24) is 0 Å². The van der Waals surface area contributed by atoms with Crippen molar-refractivity contribution < 1.29 is 4.48 Å². The lowest BCUT2D eigenvalue weighted by Gasteiger charge is -1.98. The van der Waals surface area contributed by atoms with Gasteiger partial charge in [0.25, 0.3) is 0 Å². The van der Waals surface area contributed by atoms with E-state index in [2.05, 4.69) is 19.3 Å². The maximum atomic E-state index is 2.31. The third-order valence-corrected chi connectivity index (χ3v) is 2.16. The molecule has 0 amide bonds. The molecule has 7 heavy (non-hydrogen) atoms. The predicted octanol–water partition coefficient (Wildman–Crippen LogP) is 0.733. The molecule has 2 rings (SSSR count). The Kier molecular flexibility index (Phi) is 0.409. The summed E-state index contributed by atoms with van der Waals surface area (Å²) in [6.07, 6.45) is 5.93. The molecule has 0 bridgehead atoms. The van der Waals surface area contributed by atoms with Crippen LogP contribution in [0.4, 0.5) is 0 Å². The summed E-state index contributed by atoms with van der Waals surface area (Å²) in [6.45, 7) is 1.40. The van der Waals surface area contributed by atoms with Crippen LogP contribution in [0.3, 0.4) is 0 Å². The third kappa shape index (κ3) is 0.317. The van der Waals surface area contributed by atoms with Crippen molar-refractivity contribution in [2.24, 2.45) is 0 Å². The molecule has 0 saturated carbocycles. The van der Waals surface area contributed by atoms with Gasteiger partial charge in [0.2, 0.25) is 0 Å². The largest absolute Gasteiger partial charge is 0.288 e. The molecule has 0 radical (unpaired) electrons. The molecule has 0 aromatic carbocycles. The molecule has 2 aliphatic heterocycles. The monoisotopic (exact) mass is 96.1 g/mol. The van der Waals surface area contributed by atoms with Crippen LogP contribution in [0.15, 0.2) is 12.3 Å². The highest BCUT2D eigenvalue weighted by molar-refractivity contribution is 4.96. The van der Waals surface area contributed by atoms with Crippen LogP contribution in [-0.2, 0) is 0 Å². The Hall–Kier alpha value is -0.300. The highest BCUT2D eigenvalue weighted by Crippen LogP contribution is 2.36. The first-order valence-electron chi connectivity index (χ1n) is 2.84. The SMILES string of the molecule is C[N+]12C=CCC1C2. The molecule has 0 aliphatic carbocycles. The van der Waals surface area contributed by atoms with Gasteiger partial charge >= 0.3 is 0 Å². The molecule has 2 aliphatic rings. The summed E-state index contributed by atoms with van der Waals surface area (Å²) in [5.41, 5.74) is 0. The standard InChI is InChI=1S/C6H10N/c1-7-4-2-3-6(7)5-7/h2,4,6H,3,5H2,1H3/q+1. The smallest absolute Gasteiger partial charge is 0.147 e. The Morgan fingerprint density at radius 2 is 2.57 bits per heavy atom. The van der Waals surface area contributed by atoms with Crippen LogP contribution in [0.1, 0.15) is 6.42 Å². The van der Waals surface area contributed by atoms with E-state index in [4.69, 9.17) is 0 Å². The lowest BCUT2D eigenvalue weighted by molar-refractivity contribution is -0.729. The highest BCUT2D eigenvalue weighted by Gasteiger charge is 2.51. The quantitative estimate of drug-likeness (QED) is 0.308. The Morgan fingerprint density at radius 1 is 1.71 bits per heavy atom. The maximum absolute atomic E-state index is 2.31. The Labute approximate surface area is 43.8 Å². The summed E-state index contributed by atoms with van der Waals surface area (Å²) < 4.78 is 1.24. The molecule has 0 aromatic rings. The van der Waals surface area contributed by atoms with E-state index >= 15 is 0 Å². The molecule has 38 valence electrons. The molecule has 1 nitrogen and oxygen atoms in total. The second-order valence-electron chi connectivity index (χ2n) is 2.80. The molecule has 1 heteroatoms. The van der Waals surface area contributed by atoms with Crippen LogP contribution in [0.2, 0.25) is 0 Å². The fourth-order valence-electron chi connectivity index (χ4n) is 1.36. The molecule has 2 unspecified atom stereocenters. The second-order valence-corrected chi connectivity index (χ2v) is 2.80. The van der Waals surface area contributed by atoms with Gasteiger partial charge in [-0.1, -0.05) is 0 Å². The molecule has 1 saturated heterocycles. The number of likely N-dealkylation sites (N-methyl/N-ethyl adjacent to an activating group) is 1. The number of hydrogen-bond acceptors (Lipinski definition) is 0. The predicted molar refractivity (Wildman–Crippen MR) is 28.6 cm³/mol. The third-order valence-electron chi connectivity index (χ3n) is 2.16. The van der Waals surface area contributed by atoms with Crippen molar-refractivity contribution in [3.63, 3.8) is 0 Å². The fraction of sp³-hybridized carbons (Fsp3) is 0.667. The summed E-state index contributed by atoms with van der Waals surface area (Å²) in [5.74, 6) is 0. The molecular formula is C6H10N+. The minimum atomic E-state index is 0.986. The van der Waals surface area contributed by atoms with E-state index in [1.54, 1.807) is 0 Å². The average Bonchev–Trinajstić information content (AvgIpc) is 2.09. The van der Waals surface area contributed by atoms with Gasteiger partial charge in [-0.3, -0.25) is 4.48 Å². The average molecular weight is 96.2 g/mol. The molecular weight excluding hydrogens is 86.1 g/mol. The number of hydrogen-bond donors (Lipinski definition) is 0. The fourth-order valence-corrected chi connectivity index (χ4v) is 1.36. The molecule has 1 fully saturated rings. The second kappa shape index (κ2) is 0.781. The molecule has 2 heterocycles. The Bertz CT molecular complexity index is 128. The summed E-state index contributed by atoms with van der Waals surface area (Å²) in [7, 11) is 2.29. The van der Waals surface area contributed by atoms with Crippen molar-refractivity contribution in [3.8, 4) is 0 Å². The lowest BCUT2D eigenvalue weighted by atomic mass is 10.3. The zero-order chi connectivity index (χ0) is 4.91. The van der Waals surface area contributed by atoms with Crippen LogP contribution in [0.5, 0.6) is 0 Å². The van der Waals surface area contributed by atoms with Gasteiger partial charge in [0.05, 0.1) is 13.2 Å². The molecule has 0 spiro atoms. The van der Waals surface area contributed by atoms with Gasteiger partial charge in [-0.15, -0.1) is 0 Å². The normalized spacial score (nSPS) is 54.7. The van der Waals surface area contributed by atoms with E-state index in [1.807, 2.05) is 0 Å². The molecule has 0 aromatic heterocycles. The van der Waals surface area contributed by atoms with Crippen molar-refractivity contribution in [1.29, 1.82) is 0 Å². The van der Waals surface area contributed by atoms with Crippen LogP contribution >= 0.6 is 0 Å². The number of rotatable bonds is 0. The first-order chi connectivity index (χ1) is 3.31. The van der Waals surface area contributed by atoms with Crippen LogP contribution < -0.4 is 0 Å². The first-order valence-corrected chi connectivity index (χ1v) is 2.84. The number of nitrogens with zero attached hydrogens (tertiary/aromatic N) is 1. The Morgan fingerprint density at radius 3 is 2.71 bits per heavy atom. The van der Waals surface area contributed by atoms with Gasteiger partial charge in [-0.2, -0.15) is 0 Å². The highest BCUT2D eigenvalue weighted by atomic mass is 15.5. The molecule has 2 atom stereocenters. The van der Waals surface area contributed by atoms with Crippen LogP contribution in [0, 0.1) is 0 Å². The van der Waals surface area contributed by atoms with Gasteiger partial charge in [-0.05, 0) is 6.08 Å². The molecule has 0 N–H and O–H groups in total. The zero-order valence-corrected chi connectivity index (χ0v) is 4.59. The van der Waals surface area contributed by atoms with Gasteiger partial charge in [-0.25, -0.2) is 0 Å². The summed E-state index contributed by atoms with van der Waals surface area (Å²) >= 11 is 0.